The summed E-state index contributed by atoms with van der Waals surface area (Å²) in [5, 5.41) is 2.71. The fourth-order valence-electron chi connectivity index (χ4n) is 3.69. The quantitative estimate of drug-likeness (QED) is 0.299. The maximum absolute atomic E-state index is 12.5. The summed E-state index contributed by atoms with van der Waals surface area (Å²) in [4.78, 5) is 25.0. The van der Waals surface area contributed by atoms with Crippen LogP contribution in [0.1, 0.15) is 50.7 Å². The Bertz CT molecular complexity index is 861. The summed E-state index contributed by atoms with van der Waals surface area (Å²) in [5.41, 5.74) is 4.05. The number of ether oxygens (including phenoxy) is 2. The van der Waals surface area contributed by atoms with Crippen molar-refractivity contribution in [2.45, 2.75) is 51.2 Å². The lowest BCUT2D eigenvalue weighted by atomic mass is 9.98. The van der Waals surface area contributed by atoms with Crippen molar-refractivity contribution in [2.75, 3.05) is 11.0 Å². The van der Waals surface area contributed by atoms with Gasteiger partial charge >= 0.3 is 12.1 Å². The summed E-state index contributed by atoms with van der Waals surface area (Å²) >= 11 is 2.25. The van der Waals surface area contributed by atoms with Crippen LogP contribution in [-0.2, 0) is 14.3 Å². The number of hydrogen-bond donors (Lipinski definition) is 1. The lowest BCUT2D eigenvalue weighted by molar-refractivity contribution is -0.157. The molecule has 0 radical (unpaired) electrons. The number of alkyl halides is 1. The molecule has 0 spiro atoms. The fourth-order valence-corrected chi connectivity index (χ4v) is 4.13. The predicted octanol–water partition coefficient (Wildman–Crippen LogP) is 5.45. The Hall–Kier alpha value is -2.09. The van der Waals surface area contributed by atoms with E-state index in [2.05, 4.69) is 52.2 Å². The molecule has 0 bridgehead atoms. The Morgan fingerprint density at radius 2 is 1.60 bits per heavy atom. The third-order valence-electron chi connectivity index (χ3n) is 4.95. The van der Waals surface area contributed by atoms with Crippen LogP contribution in [-0.4, -0.2) is 34.7 Å². The number of amides is 1. The maximum Gasteiger partial charge on any atom is 0.407 e. The van der Waals surface area contributed by atoms with Crippen LogP contribution in [0.15, 0.2) is 48.5 Å². The van der Waals surface area contributed by atoms with Gasteiger partial charge < -0.3 is 14.8 Å². The van der Waals surface area contributed by atoms with Crippen LogP contribution in [0.3, 0.4) is 0 Å². The number of benzene rings is 2. The van der Waals surface area contributed by atoms with Crippen molar-refractivity contribution in [3.8, 4) is 11.1 Å². The molecule has 2 aromatic carbocycles. The first kappa shape index (κ1) is 22.6. The predicted molar refractivity (Wildman–Crippen MR) is 126 cm³/mol. The molecule has 160 valence electrons. The smallest absolute Gasteiger partial charge is 0.407 e. The zero-order valence-corrected chi connectivity index (χ0v) is 19.8. The number of carbonyl (C=O) groups is 2. The van der Waals surface area contributed by atoms with E-state index >= 15 is 0 Å². The minimum atomic E-state index is -0.713. The van der Waals surface area contributed by atoms with Gasteiger partial charge in [0, 0.05) is 5.92 Å². The Morgan fingerprint density at radius 1 is 1.03 bits per heavy atom. The molecule has 1 aliphatic rings. The van der Waals surface area contributed by atoms with E-state index in [1.807, 2.05) is 45.0 Å². The van der Waals surface area contributed by atoms with Crippen molar-refractivity contribution in [3.05, 3.63) is 59.7 Å². The number of rotatable bonds is 7. The highest BCUT2D eigenvalue weighted by Gasteiger charge is 2.30. The molecule has 0 fully saturated rings. The van der Waals surface area contributed by atoms with Gasteiger partial charge in [-0.05, 0) is 60.3 Å². The van der Waals surface area contributed by atoms with Gasteiger partial charge in [0.05, 0.1) is 0 Å². The SMILES string of the molecule is CC(C)(C)OC(=O)[C@@H](CCCI)NC(=O)OCC1c2ccccc2-c2ccccc21. The van der Waals surface area contributed by atoms with E-state index in [-0.39, 0.29) is 12.5 Å². The molecule has 0 aliphatic heterocycles. The van der Waals surface area contributed by atoms with E-state index < -0.39 is 23.7 Å². The topological polar surface area (TPSA) is 64.6 Å². The van der Waals surface area contributed by atoms with Gasteiger partial charge in [-0.1, -0.05) is 71.1 Å². The van der Waals surface area contributed by atoms with Crippen LogP contribution >= 0.6 is 22.6 Å². The molecule has 3 rings (SSSR count). The summed E-state index contributed by atoms with van der Waals surface area (Å²) in [6, 6.07) is 15.7. The molecule has 0 unspecified atom stereocenters. The second-order valence-corrected chi connectivity index (χ2v) is 9.47. The number of fused-ring (bicyclic) bond motifs is 3. The minimum Gasteiger partial charge on any atom is -0.458 e. The first-order valence-electron chi connectivity index (χ1n) is 10.2. The van der Waals surface area contributed by atoms with E-state index in [0.717, 1.165) is 22.0 Å². The normalized spacial score (nSPS) is 13.9. The molecule has 0 aromatic heterocycles. The average Bonchev–Trinajstić information content (AvgIpc) is 3.02. The molecule has 1 N–H and O–H groups in total. The van der Waals surface area contributed by atoms with Gasteiger partial charge in [-0.15, -0.1) is 0 Å². The lowest BCUT2D eigenvalue weighted by Crippen LogP contribution is -2.44. The Labute approximate surface area is 191 Å². The molecule has 6 heteroatoms. The maximum atomic E-state index is 12.5. The van der Waals surface area contributed by atoms with E-state index in [0.29, 0.717) is 6.42 Å². The standard InChI is InChI=1S/C24H28INO4/c1-24(2,3)30-22(27)21(13-8-14-25)26-23(28)29-15-20-18-11-6-4-9-16(18)17-10-5-7-12-19(17)20/h4-7,9-12,20-21H,8,13-15H2,1-3H3,(H,26,28)/t21-/m1/s1. The van der Waals surface area contributed by atoms with Crippen LogP contribution in [0, 0.1) is 0 Å². The van der Waals surface area contributed by atoms with E-state index in [1.165, 1.54) is 11.1 Å². The zero-order chi connectivity index (χ0) is 21.7. The second kappa shape index (κ2) is 9.81. The van der Waals surface area contributed by atoms with Crippen LogP contribution < -0.4 is 5.32 Å². The van der Waals surface area contributed by atoms with Crippen molar-refractivity contribution in [3.63, 3.8) is 0 Å². The van der Waals surface area contributed by atoms with Crippen molar-refractivity contribution >= 4 is 34.7 Å². The molecule has 0 saturated heterocycles. The van der Waals surface area contributed by atoms with Crippen molar-refractivity contribution in [2.24, 2.45) is 0 Å². The van der Waals surface area contributed by atoms with Crippen LogP contribution in [0.25, 0.3) is 11.1 Å². The summed E-state index contributed by atoms with van der Waals surface area (Å²) in [7, 11) is 0. The molecule has 1 amide bonds. The summed E-state index contributed by atoms with van der Waals surface area (Å²) < 4.78 is 11.9. The summed E-state index contributed by atoms with van der Waals surface area (Å²) in [5.74, 6) is -0.446. The molecular formula is C24H28INO4. The summed E-state index contributed by atoms with van der Waals surface area (Å²) in [6.07, 6.45) is 0.720. The number of hydrogen-bond acceptors (Lipinski definition) is 4. The number of carbonyl (C=O) groups excluding carboxylic acids is 2. The number of halogens is 1. The Balaban J connectivity index is 1.66. The van der Waals surface area contributed by atoms with E-state index in [9.17, 15) is 9.59 Å². The third kappa shape index (κ3) is 5.53. The Morgan fingerprint density at radius 3 is 2.13 bits per heavy atom. The van der Waals surface area contributed by atoms with Crippen LogP contribution in [0.2, 0.25) is 0 Å². The first-order valence-corrected chi connectivity index (χ1v) is 11.7. The van der Waals surface area contributed by atoms with Gasteiger partial charge in [0.25, 0.3) is 0 Å². The van der Waals surface area contributed by atoms with Crippen molar-refractivity contribution in [1.82, 2.24) is 5.32 Å². The number of nitrogens with one attached hydrogen (secondary N) is 1. The van der Waals surface area contributed by atoms with Gasteiger partial charge in [0.2, 0.25) is 0 Å². The number of esters is 1. The van der Waals surface area contributed by atoms with Gasteiger partial charge in [-0.3, -0.25) is 0 Å². The molecule has 30 heavy (non-hydrogen) atoms. The van der Waals surface area contributed by atoms with Gasteiger partial charge in [0.1, 0.15) is 18.2 Å². The molecule has 5 nitrogen and oxygen atoms in total. The van der Waals surface area contributed by atoms with Crippen LogP contribution in [0.5, 0.6) is 0 Å². The van der Waals surface area contributed by atoms with Crippen LogP contribution in [0.4, 0.5) is 4.79 Å². The molecule has 0 saturated carbocycles. The Kier molecular flexibility index (Phi) is 7.39. The summed E-state index contributed by atoms with van der Waals surface area (Å²) in [6.45, 7) is 5.65. The van der Waals surface area contributed by atoms with Gasteiger partial charge in [0.15, 0.2) is 0 Å². The zero-order valence-electron chi connectivity index (χ0n) is 17.6. The molecule has 1 aliphatic carbocycles. The second-order valence-electron chi connectivity index (χ2n) is 8.39. The fraction of sp³-hybridized carbons (Fsp3) is 0.417. The molecule has 0 heterocycles. The number of alkyl carbamates (subject to hydrolysis) is 1. The highest BCUT2D eigenvalue weighted by molar-refractivity contribution is 14.1. The van der Waals surface area contributed by atoms with E-state index in [4.69, 9.17) is 9.47 Å². The third-order valence-corrected chi connectivity index (χ3v) is 5.72. The highest BCUT2D eigenvalue weighted by Crippen LogP contribution is 2.44. The first-order chi connectivity index (χ1) is 14.3. The minimum absolute atomic E-state index is 0.0162. The van der Waals surface area contributed by atoms with Crippen molar-refractivity contribution < 1.29 is 19.1 Å². The van der Waals surface area contributed by atoms with Gasteiger partial charge in [-0.2, -0.15) is 0 Å². The monoisotopic (exact) mass is 521 g/mol. The molecular weight excluding hydrogens is 493 g/mol. The highest BCUT2D eigenvalue weighted by atomic mass is 127. The largest absolute Gasteiger partial charge is 0.458 e. The van der Waals surface area contributed by atoms with E-state index in [1.54, 1.807) is 0 Å². The van der Waals surface area contributed by atoms with Crippen molar-refractivity contribution in [1.29, 1.82) is 0 Å². The lowest BCUT2D eigenvalue weighted by Gasteiger charge is -2.24. The molecule has 1 atom stereocenters. The average molecular weight is 521 g/mol. The molecule has 2 aromatic rings. The van der Waals surface area contributed by atoms with Gasteiger partial charge in [-0.25, -0.2) is 9.59 Å².